The van der Waals surface area contributed by atoms with Crippen LogP contribution >= 0.6 is 0 Å². The molecule has 0 heterocycles. The van der Waals surface area contributed by atoms with E-state index < -0.39 is 0 Å². The van der Waals surface area contributed by atoms with Crippen LogP contribution in [0.2, 0.25) is 0 Å². The summed E-state index contributed by atoms with van der Waals surface area (Å²) in [6.07, 6.45) is -0.380. The van der Waals surface area contributed by atoms with Gasteiger partial charge < -0.3 is 5.11 Å². The Bertz CT molecular complexity index is 86.5. The average Bonchev–Trinajstić information content (AvgIpc) is 1.67. The number of aliphatic hydroxyl groups excluding tert-OH is 1. The van der Waals surface area contributed by atoms with E-state index >= 15 is 0 Å². The van der Waals surface area contributed by atoms with Crippen molar-refractivity contribution >= 4 is 5.71 Å². The highest BCUT2D eigenvalue weighted by Gasteiger charge is 1.95. The molecule has 1 atom stereocenters. The van der Waals surface area contributed by atoms with E-state index in [4.69, 9.17) is 5.11 Å². The molecular formula is C6H13NO. The lowest BCUT2D eigenvalue weighted by Crippen LogP contribution is -2.11. The molecule has 1 unspecified atom stereocenters. The van der Waals surface area contributed by atoms with Gasteiger partial charge in [0, 0.05) is 12.3 Å². The lowest BCUT2D eigenvalue weighted by molar-refractivity contribution is 0.261. The van der Waals surface area contributed by atoms with Gasteiger partial charge in [-0.05, 0) is 20.8 Å². The minimum absolute atomic E-state index is 0.380. The van der Waals surface area contributed by atoms with Crippen LogP contribution in [-0.4, -0.2) is 23.5 Å². The summed E-state index contributed by atoms with van der Waals surface area (Å²) in [6.45, 7) is 6.26. The number of aliphatic imine (C=N–C) groups is 1. The van der Waals surface area contributed by atoms with E-state index in [9.17, 15) is 0 Å². The van der Waals surface area contributed by atoms with Crippen molar-refractivity contribution in [2.24, 2.45) is 4.99 Å². The Morgan fingerprint density at radius 1 is 1.75 bits per heavy atom. The van der Waals surface area contributed by atoms with Gasteiger partial charge in [-0.2, -0.15) is 0 Å². The summed E-state index contributed by atoms with van der Waals surface area (Å²) in [4.78, 5) is 3.99. The van der Waals surface area contributed by atoms with E-state index in [2.05, 4.69) is 4.99 Å². The third-order valence-electron chi connectivity index (χ3n) is 1.01. The summed E-state index contributed by atoms with van der Waals surface area (Å²) >= 11 is 0. The highest BCUT2D eigenvalue weighted by atomic mass is 16.3. The monoisotopic (exact) mass is 115 g/mol. The quantitative estimate of drug-likeness (QED) is 0.531. The van der Waals surface area contributed by atoms with Crippen LogP contribution in [-0.2, 0) is 0 Å². The van der Waals surface area contributed by atoms with Crippen LogP contribution < -0.4 is 0 Å². The molecule has 8 heavy (non-hydrogen) atoms. The summed E-state index contributed by atoms with van der Waals surface area (Å²) in [5, 5.41) is 8.82. The minimum Gasteiger partial charge on any atom is -0.387 e. The van der Waals surface area contributed by atoms with Gasteiger partial charge in [-0.25, -0.2) is 0 Å². The average molecular weight is 115 g/mol. The standard InChI is InChI=1S/C6H13NO/c1-4-7-5(2)6(3)8/h6,8H,4H2,1-3H3. The number of rotatable bonds is 2. The summed E-state index contributed by atoms with van der Waals surface area (Å²) in [7, 11) is 0. The SMILES string of the molecule is CCN=C(C)C(C)O. The van der Waals surface area contributed by atoms with Gasteiger partial charge in [-0.15, -0.1) is 0 Å². The number of aliphatic hydroxyl groups is 1. The molecular weight excluding hydrogens is 102 g/mol. The van der Waals surface area contributed by atoms with Gasteiger partial charge in [0.1, 0.15) is 0 Å². The van der Waals surface area contributed by atoms with Crippen LogP contribution in [0, 0.1) is 0 Å². The first-order chi connectivity index (χ1) is 3.68. The molecule has 2 heteroatoms. The zero-order chi connectivity index (χ0) is 6.57. The van der Waals surface area contributed by atoms with Crippen molar-refractivity contribution in [3.63, 3.8) is 0 Å². The highest BCUT2D eigenvalue weighted by Crippen LogP contribution is 1.84. The van der Waals surface area contributed by atoms with Crippen LogP contribution in [0.25, 0.3) is 0 Å². The van der Waals surface area contributed by atoms with E-state index in [1.165, 1.54) is 0 Å². The maximum atomic E-state index is 8.82. The minimum atomic E-state index is -0.380. The topological polar surface area (TPSA) is 32.6 Å². The number of nitrogens with zero attached hydrogens (tertiary/aromatic N) is 1. The predicted molar refractivity (Wildman–Crippen MR) is 35.3 cm³/mol. The van der Waals surface area contributed by atoms with Crippen molar-refractivity contribution in [2.75, 3.05) is 6.54 Å². The molecule has 0 radical (unpaired) electrons. The van der Waals surface area contributed by atoms with Gasteiger partial charge in [0.15, 0.2) is 0 Å². The van der Waals surface area contributed by atoms with E-state index in [-0.39, 0.29) is 6.10 Å². The first-order valence-corrected chi connectivity index (χ1v) is 2.87. The molecule has 0 amide bonds. The fourth-order valence-corrected chi connectivity index (χ4v) is 0.382. The van der Waals surface area contributed by atoms with Crippen molar-refractivity contribution < 1.29 is 5.11 Å². The lowest BCUT2D eigenvalue weighted by atomic mass is 10.3. The third-order valence-corrected chi connectivity index (χ3v) is 1.01. The van der Waals surface area contributed by atoms with Crippen LogP contribution in [0.15, 0.2) is 4.99 Å². The molecule has 1 N–H and O–H groups in total. The summed E-state index contributed by atoms with van der Waals surface area (Å²) in [6, 6.07) is 0. The van der Waals surface area contributed by atoms with Crippen molar-refractivity contribution in [1.82, 2.24) is 0 Å². The van der Waals surface area contributed by atoms with Crippen LogP contribution in [0.1, 0.15) is 20.8 Å². The smallest absolute Gasteiger partial charge is 0.0885 e. The molecule has 0 aromatic carbocycles. The normalized spacial score (nSPS) is 16.2. The zero-order valence-electron chi connectivity index (χ0n) is 5.68. The van der Waals surface area contributed by atoms with Gasteiger partial charge in [-0.3, -0.25) is 4.99 Å². The molecule has 0 bridgehead atoms. The highest BCUT2D eigenvalue weighted by molar-refractivity contribution is 5.85. The molecule has 0 aromatic rings. The molecule has 0 aliphatic rings. The molecule has 0 aromatic heterocycles. The fourth-order valence-electron chi connectivity index (χ4n) is 0.382. The van der Waals surface area contributed by atoms with Crippen LogP contribution in [0.3, 0.4) is 0 Å². The molecule has 48 valence electrons. The molecule has 0 rings (SSSR count). The summed E-state index contributed by atoms with van der Waals surface area (Å²) < 4.78 is 0. The number of hydrogen-bond donors (Lipinski definition) is 1. The van der Waals surface area contributed by atoms with E-state index in [1.54, 1.807) is 6.92 Å². The van der Waals surface area contributed by atoms with E-state index in [0.29, 0.717) is 0 Å². The predicted octanol–water partition coefficient (Wildman–Crippen LogP) is 0.848. The van der Waals surface area contributed by atoms with Crippen molar-refractivity contribution in [2.45, 2.75) is 26.9 Å². The Labute approximate surface area is 50.3 Å². The Hall–Kier alpha value is -0.370. The Kier molecular flexibility index (Phi) is 3.44. The van der Waals surface area contributed by atoms with Crippen molar-refractivity contribution in [1.29, 1.82) is 0 Å². The largest absolute Gasteiger partial charge is 0.387 e. The Morgan fingerprint density at radius 3 is 2.38 bits per heavy atom. The maximum absolute atomic E-state index is 8.82. The fraction of sp³-hybridized carbons (Fsp3) is 0.833. The van der Waals surface area contributed by atoms with Crippen LogP contribution in [0.4, 0.5) is 0 Å². The molecule has 0 aliphatic carbocycles. The molecule has 0 fully saturated rings. The number of hydrogen-bond acceptors (Lipinski definition) is 2. The second kappa shape index (κ2) is 3.61. The first kappa shape index (κ1) is 7.63. The van der Waals surface area contributed by atoms with Gasteiger partial charge in [0.05, 0.1) is 6.10 Å². The van der Waals surface area contributed by atoms with Gasteiger partial charge in [0.25, 0.3) is 0 Å². The van der Waals surface area contributed by atoms with Crippen molar-refractivity contribution in [3.05, 3.63) is 0 Å². The van der Waals surface area contributed by atoms with E-state index in [1.807, 2.05) is 13.8 Å². The molecule has 2 nitrogen and oxygen atoms in total. The second-order valence-electron chi connectivity index (χ2n) is 1.79. The summed E-state index contributed by atoms with van der Waals surface area (Å²) in [5.74, 6) is 0. The molecule has 0 spiro atoms. The van der Waals surface area contributed by atoms with Crippen LogP contribution in [0.5, 0.6) is 0 Å². The Balaban J connectivity index is 3.61. The van der Waals surface area contributed by atoms with Gasteiger partial charge in [0.2, 0.25) is 0 Å². The zero-order valence-corrected chi connectivity index (χ0v) is 5.68. The summed E-state index contributed by atoms with van der Waals surface area (Å²) in [5.41, 5.74) is 0.813. The third kappa shape index (κ3) is 2.75. The lowest BCUT2D eigenvalue weighted by Gasteiger charge is -2.00. The maximum Gasteiger partial charge on any atom is 0.0885 e. The first-order valence-electron chi connectivity index (χ1n) is 2.87. The molecule has 0 saturated heterocycles. The van der Waals surface area contributed by atoms with Crippen molar-refractivity contribution in [3.8, 4) is 0 Å². The van der Waals surface area contributed by atoms with Gasteiger partial charge in [-0.1, -0.05) is 0 Å². The van der Waals surface area contributed by atoms with Gasteiger partial charge >= 0.3 is 0 Å². The van der Waals surface area contributed by atoms with E-state index in [0.717, 1.165) is 12.3 Å². The molecule has 0 saturated carbocycles. The Morgan fingerprint density at radius 2 is 2.25 bits per heavy atom. The second-order valence-corrected chi connectivity index (χ2v) is 1.79. The molecule has 0 aliphatic heterocycles.